The van der Waals surface area contributed by atoms with Crippen molar-refractivity contribution in [1.29, 1.82) is 5.26 Å². The van der Waals surface area contributed by atoms with Crippen LogP contribution in [0.2, 0.25) is 5.15 Å². The van der Waals surface area contributed by atoms with E-state index in [-0.39, 0.29) is 6.61 Å². The summed E-state index contributed by atoms with van der Waals surface area (Å²) in [5.74, 6) is 1.50. The van der Waals surface area contributed by atoms with Gasteiger partial charge in [0.1, 0.15) is 11.8 Å². The number of rotatable bonds is 4. The molecule has 0 saturated heterocycles. The molecule has 1 aromatic heterocycles. The van der Waals surface area contributed by atoms with E-state index >= 15 is 0 Å². The van der Waals surface area contributed by atoms with Gasteiger partial charge in [-0.1, -0.05) is 11.6 Å². The molecule has 0 aliphatic carbocycles. The molecule has 0 amide bonds. The number of hydrogen-bond donors (Lipinski definition) is 0. The van der Waals surface area contributed by atoms with Gasteiger partial charge in [-0.15, -0.1) is 0 Å². The van der Waals surface area contributed by atoms with E-state index in [4.69, 9.17) is 26.3 Å². The summed E-state index contributed by atoms with van der Waals surface area (Å²) < 4.78 is 10.8. The minimum Gasteiger partial charge on any atom is -0.493 e. The number of halogens is 1. The minimum atomic E-state index is 0.170. The minimum absolute atomic E-state index is 0.170. The van der Waals surface area contributed by atoms with Crippen molar-refractivity contribution in [2.75, 3.05) is 7.11 Å². The molecule has 0 bridgehead atoms. The van der Waals surface area contributed by atoms with Gasteiger partial charge in [-0.3, -0.25) is 0 Å². The molecule has 0 N–H and O–H groups in total. The van der Waals surface area contributed by atoms with E-state index in [0.717, 1.165) is 5.69 Å². The molecule has 5 nitrogen and oxygen atoms in total. The van der Waals surface area contributed by atoms with Gasteiger partial charge in [0.15, 0.2) is 17.3 Å². The van der Waals surface area contributed by atoms with Crippen LogP contribution in [0.15, 0.2) is 24.3 Å². The fourth-order valence-electron chi connectivity index (χ4n) is 1.65. The third kappa shape index (κ3) is 3.37. The molecule has 0 unspecified atom stereocenters. The molecule has 6 heteroatoms. The van der Waals surface area contributed by atoms with Crippen LogP contribution in [-0.4, -0.2) is 17.1 Å². The fourth-order valence-corrected chi connectivity index (χ4v) is 1.91. The van der Waals surface area contributed by atoms with E-state index < -0.39 is 0 Å². The predicted molar refractivity (Wildman–Crippen MR) is 73.8 cm³/mol. The lowest BCUT2D eigenvalue weighted by atomic mass is 10.2. The Morgan fingerprint density at radius 2 is 2.05 bits per heavy atom. The highest BCUT2D eigenvalue weighted by Gasteiger charge is 2.08. The van der Waals surface area contributed by atoms with Crippen LogP contribution in [0.4, 0.5) is 0 Å². The van der Waals surface area contributed by atoms with Crippen LogP contribution in [0.3, 0.4) is 0 Å². The zero-order valence-corrected chi connectivity index (χ0v) is 11.8. The van der Waals surface area contributed by atoms with Crippen LogP contribution in [0.25, 0.3) is 0 Å². The number of aryl methyl sites for hydroxylation is 1. The Morgan fingerprint density at radius 3 is 2.70 bits per heavy atom. The second kappa shape index (κ2) is 6.22. The van der Waals surface area contributed by atoms with Crippen LogP contribution >= 0.6 is 11.6 Å². The largest absolute Gasteiger partial charge is 0.493 e. The summed E-state index contributed by atoms with van der Waals surface area (Å²) in [6, 6.07) is 8.65. The molecule has 0 aliphatic rings. The van der Waals surface area contributed by atoms with Crippen molar-refractivity contribution in [3.05, 3.63) is 46.5 Å². The monoisotopic (exact) mass is 289 g/mol. The average molecular weight is 290 g/mol. The van der Waals surface area contributed by atoms with Gasteiger partial charge in [-0.2, -0.15) is 5.26 Å². The molecule has 2 aromatic rings. The van der Waals surface area contributed by atoms with Crippen molar-refractivity contribution in [3.63, 3.8) is 0 Å². The smallest absolute Gasteiger partial charge is 0.167 e. The molecule has 2 rings (SSSR count). The highest BCUT2D eigenvalue weighted by molar-refractivity contribution is 6.29. The Labute approximate surface area is 121 Å². The van der Waals surface area contributed by atoms with E-state index in [1.54, 1.807) is 24.3 Å². The number of aromatic nitrogens is 2. The van der Waals surface area contributed by atoms with Gasteiger partial charge in [-0.25, -0.2) is 9.97 Å². The Morgan fingerprint density at radius 1 is 1.25 bits per heavy atom. The molecular weight excluding hydrogens is 278 g/mol. The number of benzene rings is 1. The number of nitriles is 1. The van der Waals surface area contributed by atoms with Gasteiger partial charge in [0.05, 0.1) is 18.7 Å². The molecule has 1 aromatic carbocycles. The summed E-state index contributed by atoms with van der Waals surface area (Å²) in [4.78, 5) is 8.30. The molecule has 20 heavy (non-hydrogen) atoms. The Kier molecular flexibility index (Phi) is 4.38. The summed E-state index contributed by atoms with van der Waals surface area (Å²) in [5.41, 5.74) is 1.28. The molecular formula is C14H12ClN3O2. The molecule has 0 saturated carbocycles. The zero-order valence-electron chi connectivity index (χ0n) is 11.1. The lowest BCUT2D eigenvalue weighted by Gasteiger charge is -2.10. The number of methoxy groups -OCH3 is 1. The van der Waals surface area contributed by atoms with Crippen LogP contribution in [0.5, 0.6) is 11.5 Å². The number of hydrogen-bond acceptors (Lipinski definition) is 5. The maximum atomic E-state index is 8.84. The van der Waals surface area contributed by atoms with Crippen molar-refractivity contribution < 1.29 is 9.47 Å². The van der Waals surface area contributed by atoms with E-state index in [1.165, 1.54) is 7.11 Å². The van der Waals surface area contributed by atoms with Crippen molar-refractivity contribution in [1.82, 2.24) is 9.97 Å². The SMILES string of the molecule is COc1cc(C#N)ccc1OCc1nc(C)cc(Cl)n1. The highest BCUT2D eigenvalue weighted by Crippen LogP contribution is 2.28. The van der Waals surface area contributed by atoms with Crippen molar-refractivity contribution >= 4 is 11.6 Å². The van der Waals surface area contributed by atoms with Crippen LogP contribution in [0.1, 0.15) is 17.1 Å². The maximum Gasteiger partial charge on any atom is 0.167 e. The van der Waals surface area contributed by atoms with E-state index in [2.05, 4.69) is 9.97 Å². The molecule has 0 atom stereocenters. The fraction of sp³-hybridized carbons (Fsp3) is 0.214. The van der Waals surface area contributed by atoms with Gasteiger partial charge in [-0.05, 0) is 25.1 Å². The second-order valence-electron chi connectivity index (χ2n) is 4.01. The Balaban J connectivity index is 2.16. The molecule has 0 aliphatic heterocycles. The lowest BCUT2D eigenvalue weighted by molar-refractivity contribution is 0.276. The topological polar surface area (TPSA) is 68.0 Å². The zero-order chi connectivity index (χ0) is 14.5. The van der Waals surface area contributed by atoms with Crippen molar-refractivity contribution in [3.8, 4) is 17.6 Å². The molecule has 0 radical (unpaired) electrons. The summed E-state index contributed by atoms with van der Waals surface area (Å²) in [6.07, 6.45) is 0. The van der Waals surface area contributed by atoms with Crippen LogP contribution in [0, 0.1) is 18.3 Å². The number of nitrogens with zero attached hydrogens (tertiary/aromatic N) is 3. The Hall–Kier alpha value is -2.32. The van der Waals surface area contributed by atoms with E-state index in [9.17, 15) is 0 Å². The van der Waals surface area contributed by atoms with Gasteiger partial charge in [0, 0.05) is 11.8 Å². The quantitative estimate of drug-likeness (QED) is 0.810. The van der Waals surface area contributed by atoms with Gasteiger partial charge < -0.3 is 9.47 Å². The first-order valence-electron chi connectivity index (χ1n) is 5.83. The summed E-state index contributed by atoms with van der Waals surface area (Å²) >= 11 is 5.86. The lowest BCUT2D eigenvalue weighted by Crippen LogP contribution is -2.03. The molecule has 1 heterocycles. The van der Waals surface area contributed by atoms with Gasteiger partial charge in [0.25, 0.3) is 0 Å². The standard InChI is InChI=1S/C14H12ClN3O2/c1-9-5-13(15)18-14(17-9)8-20-11-4-3-10(7-16)6-12(11)19-2/h3-6H,8H2,1-2H3. The third-order valence-corrected chi connectivity index (χ3v) is 2.71. The normalized spacial score (nSPS) is 9.90. The second-order valence-corrected chi connectivity index (χ2v) is 4.40. The third-order valence-electron chi connectivity index (χ3n) is 2.52. The van der Waals surface area contributed by atoms with Crippen molar-refractivity contribution in [2.45, 2.75) is 13.5 Å². The highest BCUT2D eigenvalue weighted by atomic mass is 35.5. The molecule has 0 spiro atoms. The summed E-state index contributed by atoms with van der Waals surface area (Å²) in [7, 11) is 1.52. The van der Waals surface area contributed by atoms with Gasteiger partial charge >= 0.3 is 0 Å². The predicted octanol–water partition coefficient (Wildman–Crippen LogP) is 2.90. The maximum absolute atomic E-state index is 8.84. The Bertz CT molecular complexity index is 648. The van der Waals surface area contributed by atoms with Crippen molar-refractivity contribution in [2.24, 2.45) is 0 Å². The summed E-state index contributed by atoms with van der Waals surface area (Å²) in [6.45, 7) is 2.00. The average Bonchev–Trinajstić information content (AvgIpc) is 2.44. The van der Waals surface area contributed by atoms with Crippen LogP contribution < -0.4 is 9.47 Å². The van der Waals surface area contributed by atoms with E-state index in [0.29, 0.717) is 28.0 Å². The number of ether oxygens (including phenoxy) is 2. The van der Waals surface area contributed by atoms with Gasteiger partial charge in [0.2, 0.25) is 0 Å². The summed E-state index contributed by atoms with van der Waals surface area (Å²) in [5, 5.41) is 9.21. The first-order valence-corrected chi connectivity index (χ1v) is 6.21. The first kappa shape index (κ1) is 14.1. The first-order chi connectivity index (χ1) is 9.62. The van der Waals surface area contributed by atoms with E-state index in [1.807, 2.05) is 13.0 Å². The molecule has 102 valence electrons. The molecule has 0 fully saturated rings. The van der Waals surface area contributed by atoms with Crippen LogP contribution in [-0.2, 0) is 6.61 Å².